The summed E-state index contributed by atoms with van der Waals surface area (Å²) in [5.41, 5.74) is 0. The van der Waals surface area contributed by atoms with E-state index in [2.05, 4.69) is 19.2 Å². The van der Waals surface area contributed by atoms with Gasteiger partial charge in [-0.15, -0.1) is 0 Å². The molecule has 0 aromatic heterocycles. The monoisotopic (exact) mass is 294 g/mol. The van der Waals surface area contributed by atoms with Gasteiger partial charge in [-0.25, -0.2) is 0 Å². The average Bonchev–Trinajstić information content (AvgIpc) is 2.93. The molecule has 1 aliphatic heterocycles. The molecular formula is C17H30N2O2. The van der Waals surface area contributed by atoms with E-state index in [1.54, 1.807) is 6.92 Å². The Labute approximate surface area is 128 Å². The molecule has 4 heteroatoms. The first-order chi connectivity index (χ1) is 9.97. The number of rotatable bonds is 4. The van der Waals surface area contributed by atoms with Crippen LogP contribution in [0.3, 0.4) is 0 Å². The number of hydrogen-bond donors (Lipinski definition) is 1. The number of likely N-dealkylation sites (tertiary alicyclic amines) is 1. The van der Waals surface area contributed by atoms with E-state index >= 15 is 0 Å². The molecule has 2 aliphatic rings. The Morgan fingerprint density at radius 1 is 1.14 bits per heavy atom. The van der Waals surface area contributed by atoms with Gasteiger partial charge >= 0.3 is 0 Å². The average molecular weight is 294 g/mol. The summed E-state index contributed by atoms with van der Waals surface area (Å²) in [5, 5.41) is 2.87. The zero-order chi connectivity index (χ0) is 15.4. The number of nitrogens with one attached hydrogen (secondary N) is 1. The van der Waals surface area contributed by atoms with Crippen molar-refractivity contribution < 1.29 is 9.59 Å². The van der Waals surface area contributed by atoms with E-state index in [-0.39, 0.29) is 11.8 Å². The highest BCUT2D eigenvalue weighted by molar-refractivity contribution is 5.79. The lowest BCUT2D eigenvalue weighted by atomic mass is 9.76. The molecule has 1 aliphatic carbocycles. The molecule has 0 unspecified atom stereocenters. The third-order valence-corrected chi connectivity index (χ3v) is 5.30. The maximum atomic E-state index is 12.6. The lowest BCUT2D eigenvalue weighted by Gasteiger charge is -2.32. The van der Waals surface area contributed by atoms with Crippen LogP contribution in [0.1, 0.15) is 52.9 Å². The minimum Gasteiger partial charge on any atom is -0.356 e. The van der Waals surface area contributed by atoms with Gasteiger partial charge in [0.1, 0.15) is 0 Å². The van der Waals surface area contributed by atoms with Gasteiger partial charge in [0, 0.05) is 32.5 Å². The highest BCUT2D eigenvalue weighted by Crippen LogP contribution is 2.34. The molecule has 0 aromatic carbocycles. The number of amides is 2. The highest BCUT2D eigenvalue weighted by Gasteiger charge is 2.33. The number of hydrogen-bond acceptors (Lipinski definition) is 2. The van der Waals surface area contributed by atoms with Crippen LogP contribution in [0.15, 0.2) is 0 Å². The highest BCUT2D eigenvalue weighted by atomic mass is 16.2. The van der Waals surface area contributed by atoms with Crippen molar-refractivity contribution in [2.45, 2.75) is 52.9 Å². The molecule has 120 valence electrons. The van der Waals surface area contributed by atoms with Crippen LogP contribution in [0.5, 0.6) is 0 Å². The van der Waals surface area contributed by atoms with Crippen LogP contribution >= 0.6 is 0 Å². The third kappa shape index (κ3) is 4.45. The van der Waals surface area contributed by atoms with Gasteiger partial charge in [0.2, 0.25) is 11.8 Å². The zero-order valence-electron chi connectivity index (χ0n) is 13.7. The van der Waals surface area contributed by atoms with E-state index < -0.39 is 0 Å². The Morgan fingerprint density at radius 2 is 1.81 bits per heavy atom. The van der Waals surface area contributed by atoms with Crippen molar-refractivity contribution in [2.24, 2.45) is 23.7 Å². The summed E-state index contributed by atoms with van der Waals surface area (Å²) in [6.07, 6.45) is 5.56. The van der Waals surface area contributed by atoms with Crippen molar-refractivity contribution in [3.05, 3.63) is 0 Å². The van der Waals surface area contributed by atoms with Gasteiger partial charge in [-0.1, -0.05) is 13.8 Å². The number of carbonyl (C=O) groups excluding carboxylic acids is 2. The molecule has 2 fully saturated rings. The van der Waals surface area contributed by atoms with Crippen molar-refractivity contribution in [3.63, 3.8) is 0 Å². The van der Waals surface area contributed by atoms with Crippen molar-refractivity contribution in [3.8, 4) is 0 Å². The third-order valence-electron chi connectivity index (χ3n) is 5.30. The lowest BCUT2D eigenvalue weighted by molar-refractivity contribution is -0.136. The van der Waals surface area contributed by atoms with Gasteiger partial charge in [0.05, 0.1) is 0 Å². The zero-order valence-corrected chi connectivity index (χ0v) is 13.7. The minimum absolute atomic E-state index is 0.0202. The Morgan fingerprint density at radius 3 is 2.38 bits per heavy atom. The van der Waals surface area contributed by atoms with Gasteiger partial charge in [-0.2, -0.15) is 0 Å². The molecule has 2 amide bonds. The van der Waals surface area contributed by atoms with Crippen LogP contribution in [0.4, 0.5) is 0 Å². The molecule has 0 aromatic rings. The van der Waals surface area contributed by atoms with Gasteiger partial charge in [-0.05, 0) is 49.9 Å². The molecule has 1 atom stereocenters. The predicted molar refractivity (Wildman–Crippen MR) is 83.7 cm³/mol. The van der Waals surface area contributed by atoms with Crippen molar-refractivity contribution in [1.82, 2.24) is 10.2 Å². The second-order valence-corrected chi connectivity index (χ2v) is 7.23. The fraction of sp³-hybridized carbons (Fsp3) is 0.882. The molecule has 21 heavy (non-hydrogen) atoms. The maximum Gasteiger partial charge on any atom is 0.225 e. The maximum absolute atomic E-state index is 12.6. The summed E-state index contributed by atoms with van der Waals surface area (Å²) in [6, 6.07) is 0. The van der Waals surface area contributed by atoms with Crippen LogP contribution in [0.2, 0.25) is 0 Å². The minimum atomic E-state index is 0.0202. The summed E-state index contributed by atoms with van der Waals surface area (Å²) >= 11 is 0. The van der Waals surface area contributed by atoms with Crippen molar-refractivity contribution >= 4 is 11.8 Å². The molecule has 1 saturated heterocycles. The normalized spacial score (nSPS) is 29.7. The first kappa shape index (κ1) is 16.3. The molecule has 1 heterocycles. The smallest absolute Gasteiger partial charge is 0.225 e. The van der Waals surface area contributed by atoms with Crippen LogP contribution < -0.4 is 5.32 Å². The van der Waals surface area contributed by atoms with Gasteiger partial charge < -0.3 is 10.2 Å². The molecule has 4 nitrogen and oxygen atoms in total. The molecule has 1 N–H and O–H groups in total. The molecule has 0 radical (unpaired) electrons. The summed E-state index contributed by atoms with van der Waals surface area (Å²) in [4.78, 5) is 25.6. The largest absolute Gasteiger partial charge is 0.356 e. The Balaban J connectivity index is 1.76. The van der Waals surface area contributed by atoms with E-state index in [0.717, 1.165) is 44.2 Å². The van der Waals surface area contributed by atoms with Gasteiger partial charge in [0.15, 0.2) is 0 Å². The van der Waals surface area contributed by atoms with E-state index in [1.165, 1.54) is 12.8 Å². The topological polar surface area (TPSA) is 49.4 Å². The molecule has 0 spiro atoms. The Kier molecular flexibility index (Phi) is 5.65. The number of nitrogens with zero attached hydrogens (tertiary/aromatic N) is 1. The lowest BCUT2D eigenvalue weighted by Crippen LogP contribution is -2.37. The second-order valence-electron chi connectivity index (χ2n) is 7.23. The van der Waals surface area contributed by atoms with Crippen LogP contribution in [0, 0.1) is 23.7 Å². The van der Waals surface area contributed by atoms with Gasteiger partial charge in [-0.3, -0.25) is 9.59 Å². The molecular weight excluding hydrogens is 264 g/mol. The molecule has 1 saturated carbocycles. The summed E-state index contributed by atoms with van der Waals surface area (Å²) in [5.74, 6) is 2.62. The standard InChI is InChI=1S/C17H30N2O2/c1-12(2)15-4-6-16(7-5-15)17(21)19-9-8-14(11-19)10-18-13(3)20/h12,14-16H,4-11H2,1-3H3,(H,18,20)/t14-,15?,16?/m1/s1. The van der Waals surface area contributed by atoms with E-state index in [4.69, 9.17) is 0 Å². The Bertz CT molecular complexity index is 373. The van der Waals surface area contributed by atoms with E-state index in [9.17, 15) is 9.59 Å². The Hall–Kier alpha value is -1.06. The summed E-state index contributed by atoms with van der Waals surface area (Å²) < 4.78 is 0. The van der Waals surface area contributed by atoms with Crippen molar-refractivity contribution in [1.29, 1.82) is 0 Å². The fourth-order valence-electron chi connectivity index (χ4n) is 3.78. The van der Waals surface area contributed by atoms with Gasteiger partial charge in [0.25, 0.3) is 0 Å². The molecule has 0 bridgehead atoms. The van der Waals surface area contributed by atoms with Crippen LogP contribution in [-0.4, -0.2) is 36.3 Å². The quantitative estimate of drug-likeness (QED) is 0.865. The summed E-state index contributed by atoms with van der Waals surface area (Å²) in [6.45, 7) is 8.53. The SMILES string of the molecule is CC(=O)NC[C@H]1CCN(C(=O)C2CCC(C(C)C)CC2)C1. The van der Waals surface area contributed by atoms with E-state index in [0.29, 0.717) is 18.4 Å². The summed E-state index contributed by atoms with van der Waals surface area (Å²) in [7, 11) is 0. The first-order valence-electron chi connectivity index (χ1n) is 8.50. The predicted octanol–water partition coefficient (Wildman–Crippen LogP) is 2.43. The first-order valence-corrected chi connectivity index (χ1v) is 8.50. The van der Waals surface area contributed by atoms with E-state index in [1.807, 2.05) is 4.90 Å². The van der Waals surface area contributed by atoms with Crippen molar-refractivity contribution in [2.75, 3.05) is 19.6 Å². The second kappa shape index (κ2) is 7.28. The number of carbonyl (C=O) groups is 2. The van der Waals surface area contributed by atoms with Crippen LogP contribution in [-0.2, 0) is 9.59 Å². The molecule has 2 rings (SSSR count). The fourth-order valence-corrected chi connectivity index (χ4v) is 3.78. The van der Waals surface area contributed by atoms with Crippen LogP contribution in [0.25, 0.3) is 0 Å².